The molecule has 0 bridgehead atoms. The van der Waals surface area contributed by atoms with Crippen molar-refractivity contribution in [3.05, 3.63) is 96.3 Å². The molecule has 0 aliphatic heterocycles. The first kappa shape index (κ1) is 21.8. The van der Waals surface area contributed by atoms with Crippen LogP contribution in [0.25, 0.3) is 22.4 Å². The van der Waals surface area contributed by atoms with Gasteiger partial charge in [-0.3, -0.25) is 9.78 Å². The van der Waals surface area contributed by atoms with E-state index in [2.05, 4.69) is 20.4 Å². The van der Waals surface area contributed by atoms with Crippen molar-refractivity contribution in [2.24, 2.45) is 0 Å². The van der Waals surface area contributed by atoms with Gasteiger partial charge in [-0.05, 0) is 42.5 Å². The highest BCUT2D eigenvalue weighted by Gasteiger charge is 2.41. The van der Waals surface area contributed by atoms with Crippen LogP contribution in [-0.2, 0) is 6.18 Å². The highest BCUT2D eigenvalue weighted by atomic mass is 19.4. The smallest absolute Gasteiger partial charge is 0.320 e. The van der Waals surface area contributed by atoms with Crippen molar-refractivity contribution in [1.29, 1.82) is 5.26 Å². The summed E-state index contributed by atoms with van der Waals surface area (Å²) in [5.41, 5.74) is -1.09. The van der Waals surface area contributed by atoms with Gasteiger partial charge in [-0.15, -0.1) is 0 Å². The van der Waals surface area contributed by atoms with E-state index in [1.54, 1.807) is 53.4 Å². The Morgan fingerprint density at radius 3 is 2.57 bits per heavy atom. The number of nitriles is 1. The first-order valence-corrected chi connectivity index (χ1v) is 10.2. The van der Waals surface area contributed by atoms with E-state index in [1.807, 2.05) is 6.07 Å². The van der Waals surface area contributed by atoms with Crippen molar-refractivity contribution < 1.29 is 18.0 Å². The average molecular weight is 473 g/mol. The number of halogens is 3. The summed E-state index contributed by atoms with van der Waals surface area (Å²) in [5, 5.41) is 16.2. The molecule has 0 aliphatic carbocycles. The van der Waals surface area contributed by atoms with Crippen LogP contribution in [-0.4, -0.2) is 30.2 Å². The van der Waals surface area contributed by atoms with E-state index in [4.69, 9.17) is 0 Å². The second-order valence-electron chi connectivity index (χ2n) is 7.42. The third-order valence-corrected chi connectivity index (χ3v) is 5.23. The maximum atomic E-state index is 14.1. The normalized spacial score (nSPS) is 11.4. The largest absolute Gasteiger partial charge is 0.434 e. The van der Waals surface area contributed by atoms with Crippen LogP contribution in [0.3, 0.4) is 0 Å². The number of amides is 1. The molecule has 0 unspecified atom stereocenters. The number of nitrogens with zero attached hydrogens (tertiary/aromatic N) is 6. The molecule has 5 rings (SSSR count). The number of pyridine rings is 2. The van der Waals surface area contributed by atoms with E-state index in [1.165, 1.54) is 24.5 Å². The number of hydrogen-bond donors (Lipinski definition) is 1. The van der Waals surface area contributed by atoms with Gasteiger partial charge in [0.15, 0.2) is 11.5 Å². The molecule has 0 radical (unpaired) electrons. The molecule has 0 saturated heterocycles. The van der Waals surface area contributed by atoms with Crippen molar-refractivity contribution in [3.8, 4) is 17.6 Å². The number of rotatable bonds is 4. The molecule has 0 aliphatic rings. The Morgan fingerprint density at radius 2 is 1.83 bits per heavy atom. The third kappa shape index (κ3) is 3.97. The van der Waals surface area contributed by atoms with Gasteiger partial charge in [0.05, 0.1) is 40.4 Å². The zero-order valence-corrected chi connectivity index (χ0v) is 17.7. The SMILES string of the molecule is N#Cc1cc(NC(=O)c2cnn(-c3cccc4ncccc34)c2C(F)(F)F)cnc1-n1cccc1. The lowest BCUT2D eigenvalue weighted by atomic mass is 10.1. The highest BCUT2D eigenvalue weighted by Crippen LogP contribution is 2.35. The lowest BCUT2D eigenvalue weighted by Gasteiger charge is -2.14. The Bertz CT molecular complexity index is 1590. The van der Waals surface area contributed by atoms with Crippen LogP contribution in [0.5, 0.6) is 0 Å². The predicted molar refractivity (Wildman–Crippen MR) is 120 cm³/mol. The maximum absolute atomic E-state index is 14.1. The van der Waals surface area contributed by atoms with Crippen LogP contribution in [0.15, 0.2) is 79.5 Å². The molecule has 172 valence electrons. The number of benzene rings is 1. The van der Waals surface area contributed by atoms with Crippen LogP contribution in [0.1, 0.15) is 21.6 Å². The van der Waals surface area contributed by atoms with Gasteiger partial charge in [0.1, 0.15) is 6.07 Å². The van der Waals surface area contributed by atoms with Crippen LogP contribution in [0, 0.1) is 11.3 Å². The molecule has 4 aromatic heterocycles. The lowest BCUT2D eigenvalue weighted by molar-refractivity contribution is -0.143. The Balaban J connectivity index is 1.54. The molecule has 1 aromatic carbocycles. The van der Waals surface area contributed by atoms with Crippen LogP contribution in [0.4, 0.5) is 18.9 Å². The fourth-order valence-corrected chi connectivity index (χ4v) is 3.73. The van der Waals surface area contributed by atoms with Gasteiger partial charge in [-0.25, -0.2) is 9.67 Å². The maximum Gasteiger partial charge on any atom is 0.434 e. The second kappa shape index (κ2) is 8.42. The van der Waals surface area contributed by atoms with Crippen molar-refractivity contribution in [2.75, 3.05) is 5.32 Å². The summed E-state index contributed by atoms with van der Waals surface area (Å²) in [6, 6.07) is 14.8. The Kier molecular flexibility index (Phi) is 5.25. The van der Waals surface area contributed by atoms with E-state index >= 15 is 0 Å². The number of alkyl halides is 3. The summed E-state index contributed by atoms with van der Waals surface area (Å²) >= 11 is 0. The number of aromatic nitrogens is 5. The second-order valence-corrected chi connectivity index (χ2v) is 7.42. The van der Waals surface area contributed by atoms with Crippen molar-refractivity contribution in [2.45, 2.75) is 6.18 Å². The summed E-state index contributed by atoms with van der Waals surface area (Å²) in [6.45, 7) is 0. The number of fused-ring (bicyclic) bond motifs is 1. The van der Waals surface area contributed by atoms with Gasteiger partial charge >= 0.3 is 6.18 Å². The number of carbonyl (C=O) groups is 1. The summed E-state index contributed by atoms with van der Waals surface area (Å²) in [4.78, 5) is 21.2. The average Bonchev–Trinajstić information content (AvgIpc) is 3.54. The zero-order chi connectivity index (χ0) is 24.6. The summed E-state index contributed by atoms with van der Waals surface area (Å²) in [5.74, 6) is -0.717. The molecule has 1 N–H and O–H groups in total. The van der Waals surface area contributed by atoms with E-state index < -0.39 is 23.3 Å². The number of anilines is 1. The molecule has 11 heteroatoms. The summed E-state index contributed by atoms with van der Waals surface area (Å²) < 4.78 is 44.7. The van der Waals surface area contributed by atoms with E-state index in [0.29, 0.717) is 21.4 Å². The van der Waals surface area contributed by atoms with Gasteiger partial charge in [-0.1, -0.05) is 6.07 Å². The van der Waals surface area contributed by atoms with Gasteiger partial charge in [0, 0.05) is 24.0 Å². The number of hydrogen-bond acceptors (Lipinski definition) is 5. The van der Waals surface area contributed by atoms with E-state index in [-0.39, 0.29) is 16.9 Å². The van der Waals surface area contributed by atoms with Crippen molar-refractivity contribution >= 4 is 22.5 Å². The lowest BCUT2D eigenvalue weighted by Crippen LogP contribution is -2.21. The molecule has 8 nitrogen and oxygen atoms in total. The van der Waals surface area contributed by atoms with Crippen LogP contribution < -0.4 is 5.32 Å². The first-order chi connectivity index (χ1) is 16.9. The minimum absolute atomic E-state index is 0.0673. The van der Waals surface area contributed by atoms with E-state index in [9.17, 15) is 23.2 Å². The van der Waals surface area contributed by atoms with Gasteiger partial charge in [-0.2, -0.15) is 23.5 Å². The fraction of sp³-hybridized carbons (Fsp3) is 0.0417. The predicted octanol–water partition coefficient (Wildman–Crippen LogP) is 4.75. The molecule has 1 amide bonds. The standard InChI is InChI=1S/C24H14F3N7O/c25-24(26,27)21-18(14-31-34(21)20-7-3-6-19-17(20)5-4-8-29-19)23(35)32-16-11-15(12-28)22(30-13-16)33-9-1-2-10-33/h1-11,13-14H,(H,32,35). The molecule has 4 heterocycles. The van der Waals surface area contributed by atoms with Gasteiger partial charge in [0.25, 0.3) is 5.91 Å². The molecule has 0 atom stereocenters. The van der Waals surface area contributed by atoms with Crippen LogP contribution in [0.2, 0.25) is 0 Å². The Morgan fingerprint density at radius 1 is 1.03 bits per heavy atom. The first-order valence-electron chi connectivity index (χ1n) is 10.2. The minimum Gasteiger partial charge on any atom is -0.320 e. The monoisotopic (exact) mass is 473 g/mol. The van der Waals surface area contributed by atoms with Crippen LogP contribution >= 0.6 is 0 Å². The molecule has 0 saturated carbocycles. The molecular weight excluding hydrogens is 459 g/mol. The fourth-order valence-electron chi connectivity index (χ4n) is 3.73. The Hall–Kier alpha value is -4.98. The van der Waals surface area contributed by atoms with E-state index in [0.717, 1.165) is 6.20 Å². The topological polar surface area (TPSA) is 101 Å². The number of nitrogens with one attached hydrogen (secondary N) is 1. The molecule has 0 fully saturated rings. The molecule has 0 spiro atoms. The zero-order valence-electron chi connectivity index (χ0n) is 17.7. The summed E-state index contributed by atoms with van der Waals surface area (Å²) in [7, 11) is 0. The third-order valence-electron chi connectivity index (χ3n) is 5.23. The van der Waals surface area contributed by atoms with Gasteiger partial charge < -0.3 is 9.88 Å². The summed E-state index contributed by atoms with van der Waals surface area (Å²) in [6.07, 6.45) is 2.15. The van der Waals surface area contributed by atoms with Gasteiger partial charge in [0.2, 0.25) is 0 Å². The molecule has 35 heavy (non-hydrogen) atoms. The minimum atomic E-state index is -4.89. The molecule has 5 aromatic rings. The molecular formula is C24H14F3N7O. The van der Waals surface area contributed by atoms with Crippen molar-refractivity contribution in [3.63, 3.8) is 0 Å². The Labute approximate surface area is 195 Å². The highest BCUT2D eigenvalue weighted by molar-refractivity contribution is 6.05. The number of carbonyl (C=O) groups excluding carboxylic acids is 1. The quantitative estimate of drug-likeness (QED) is 0.406. The van der Waals surface area contributed by atoms with Crippen molar-refractivity contribution in [1.82, 2.24) is 24.3 Å².